The number of ether oxygens (including phenoxy) is 1. The maximum atomic E-state index is 13.1. The van der Waals surface area contributed by atoms with Gasteiger partial charge in [-0.3, -0.25) is 0 Å². The van der Waals surface area contributed by atoms with E-state index in [0.717, 1.165) is 30.8 Å². The summed E-state index contributed by atoms with van der Waals surface area (Å²) < 4.78 is 33.1. The molecule has 0 unspecified atom stereocenters. The predicted octanol–water partition coefficient (Wildman–Crippen LogP) is 2.56. The van der Waals surface area contributed by atoms with Crippen LogP contribution in [0.5, 0.6) is 0 Å². The van der Waals surface area contributed by atoms with E-state index >= 15 is 0 Å². The van der Waals surface area contributed by atoms with E-state index in [1.54, 1.807) is 0 Å². The molecule has 0 aliphatic heterocycles. The van der Waals surface area contributed by atoms with Crippen LogP contribution in [0.15, 0.2) is 18.2 Å². The molecule has 110 valence electrons. The molecule has 21 heavy (non-hydrogen) atoms. The molecule has 2 aromatic rings. The minimum Gasteiger partial charge on any atom is -0.454 e. The van der Waals surface area contributed by atoms with Gasteiger partial charge in [0.15, 0.2) is 12.4 Å². The van der Waals surface area contributed by atoms with Crippen LogP contribution in [0.3, 0.4) is 0 Å². The molecule has 5 nitrogen and oxygen atoms in total. The predicted molar refractivity (Wildman–Crippen MR) is 68.5 cm³/mol. The summed E-state index contributed by atoms with van der Waals surface area (Å²) in [5, 5.41) is 7.92. The van der Waals surface area contributed by atoms with Gasteiger partial charge in [0.25, 0.3) is 0 Å². The monoisotopic (exact) mass is 293 g/mol. The number of rotatable bonds is 4. The number of esters is 1. The van der Waals surface area contributed by atoms with E-state index in [9.17, 15) is 13.6 Å². The Balaban J connectivity index is 1.71. The second-order valence-corrected chi connectivity index (χ2v) is 5.00. The van der Waals surface area contributed by atoms with Gasteiger partial charge in [-0.05, 0) is 31.9 Å². The number of nitrogens with zero attached hydrogens (tertiary/aromatic N) is 3. The second-order valence-electron chi connectivity index (χ2n) is 5.00. The van der Waals surface area contributed by atoms with E-state index in [0.29, 0.717) is 17.9 Å². The third-order valence-electron chi connectivity index (χ3n) is 3.28. The van der Waals surface area contributed by atoms with E-state index < -0.39 is 17.6 Å². The van der Waals surface area contributed by atoms with Crippen LogP contribution in [-0.4, -0.2) is 20.7 Å². The third-order valence-corrected chi connectivity index (χ3v) is 3.28. The van der Waals surface area contributed by atoms with Crippen molar-refractivity contribution in [2.24, 2.45) is 0 Å². The van der Waals surface area contributed by atoms with E-state index in [1.807, 2.05) is 11.5 Å². The van der Waals surface area contributed by atoms with Crippen molar-refractivity contribution in [2.75, 3.05) is 0 Å². The molecule has 0 atom stereocenters. The summed E-state index contributed by atoms with van der Waals surface area (Å²) >= 11 is 0. The third kappa shape index (κ3) is 2.91. The molecule has 0 radical (unpaired) electrons. The zero-order chi connectivity index (χ0) is 15.0. The number of hydrogen-bond acceptors (Lipinski definition) is 4. The molecule has 1 saturated carbocycles. The van der Waals surface area contributed by atoms with Gasteiger partial charge in [0.2, 0.25) is 0 Å². The van der Waals surface area contributed by atoms with Gasteiger partial charge in [-0.25, -0.2) is 13.6 Å². The smallest absolute Gasteiger partial charge is 0.338 e. The van der Waals surface area contributed by atoms with Crippen molar-refractivity contribution in [2.45, 2.75) is 32.4 Å². The second kappa shape index (κ2) is 5.23. The van der Waals surface area contributed by atoms with Crippen LogP contribution in [-0.2, 0) is 11.3 Å². The molecule has 0 saturated heterocycles. The highest BCUT2D eigenvalue weighted by Gasteiger charge is 2.28. The van der Waals surface area contributed by atoms with E-state index in [-0.39, 0.29) is 12.2 Å². The SMILES string of the molecule is Cc1nnc(COC(=O)c2cc(F)cc(F)c2)n1C1CC1. The number of carbonyl (C=O) groups excluding carboxylic acids is 1. The fourth-order valence-electron chi connectivity index (χ4n) is 2.20. The Hall–Kier alpha value is -2.31. The Labute approximate surface area is 119 Å². The average Bonchev–Trinajstić information content (AvgIpc) is 3.19. The first-order valence-electron chi connectivity index (χ1n) is 6.58. The van der Waals surface area contributed by atoms with Crippen molar-refractivity contribution in [1.29, 1.82) is 0 Å². The Morgan fingerprint density at radius 3 is 2.57 bits per heavy atom. The first kappa shape index (κ1) is 13.7. The van der Waals surface area contributed by atoms with E-state index in [1.165, 1.54) is 0 Å². The van der Waals surface area contributed by atoms with Crippen LogP contribution in [0.1, 0.15) is 40.9 Å². The zero-order valence-electron chi connectivity index (χ0n) is 11.3. The molecular weight excluding hydrogens is 280 g/mol. The van der Waals surface area contributed by atoms with Crippen molar-refractivity contribution in [3.63, 3.8) is 0 Å². The molecular formula is C14H13F2N3O2. The van der Waals surface area contributed by atoms with Crippen molar-refractivity contribution in [3.8, 4) is 0 Å². The molecule has 1 fully saturated rings. The van der Waals surface area contributed by atoms with Crippen molar-refractivity contribution >= 4 is 5.97 Å². The number of carbonyl (C=O) groups is 1. The van der Waals surface area contributed by atoms with Gasteiger partial charge in [-0.1, -0.05) is 0 Å². The molecule has 1 aromatic carbocycles. The maximum Gasteiger partial charge on any atom is 0.338 e. The normalized spacial score (nSPS) is 14.2. The summed E-state index contributed by atoms with van der Waals surface area (Å²) in [5.41, 5.74) is -0.165. The minimum absolute atomic E-state index is 0.0751. The van der Waals surface area contributed by atoms with E-state index in [2.05, 4.69) is 10.2 Å². The molecule has 1 aromatic heterocycles. The van der Waals surface area contributed by atoms with Crippen LogP contribution in [0.2, 0.25) is 0 Å². The number of benzene rings is 1. The van der Waals surface area contributed by atoms with Crippen molar-refractivity contribution in [3.05, 3.63) is 47.0 Å². The molecule has 3 rings (SSSR count). The van der Waals surface area contributed by atoms with Gasteiger partial charge in [0.05, 0.1) is 5.56 Å². The largest absolute Gasteiger partial charge is 0.454 e. The Kier molecular flexibility index (Phi) is 3.40. The van der Waals surface area contributed by atoms with Gasteiger partial charge in [0, 0.05) is 12.1 Å². The van der Waals surface area contributed by atoms with Crippen molar-refractivity contribution in [1.82, 2.24) is 14.8 Å². The lowest BCUT2D eigenvalue weighted by atomic mass is 10.2. The Bertz CT molecular complexity index is 675. The summed E-state index contributed by atoms with van der Waals surface area (Å²) in [7, 11) is 0. The highest BCUT2D eigenvalue weighted by molar-refractivity contribution is 5.89. The summed E-state index contributed by atoms with van der Waals surface area (Å²) in [6.07, 6.45) is 2.10. The maximum absolute atomic E-state index is 13.1. The molecule has 1 aliphatic rings. The topological polar surface area (TPSA) is 57.0 Å². The summed E-state index contributed by atoms with van der Waals surface area (Å²) in [6, 6.07) is 2.93. The van der Waals surface area contributed by atoms with Crippen LogP contribution >= 0.6 is 0 Å². The Morgan fingerprint density at radius 2 is 1.95 bits per heavy atom. The Morgan fingerprint density at radius 1 is 1.29 bits per heavy atom. The first-order chi connectivity index (χ1) is 10.0. The lowest BCUT2D eigenvalue weighted by Gasteiger charge is -2.08. The van der Waals surface area contributed by atoms with Gasteiger partial charge < -0.3 is 9.30 Å². The number of hydrogen-bond donors (Lipinski definition) is 0. The van der Waals surface area contributed by atoms with Gasteiger partial charge in [-0.15, -0.1) is 10.2 Å². The first-order valence-corrected chi connectivity index (χ1v) is 6.58. The fraction of sp³-hybridized carbons (Fsp3) is 0.357. The minimum atomic E-state index is -0.820. The molecule has 0 amide bonds. The van der Waals surface area contributed by atoms with Crippen molar-refractivity contribution < 1.29 is 18.3 Å². The highest BCUT2D eigenvalue weighted by Crippen LogP contribution is 2.36. The number of halogens is 2. The standard InChI is InChI=1S/C14H13F2N3O2/c1-8-17-18-13(19(8)12-2-3-12)7-21-14(20)9-4-10(15)6-11(16)5-9/h4-6,12H,2-3,7H2,1H3. The molecule has 0 bridgehead atoms. The van der Waals surface area contributed by atoms with Crippen LogP contribution in [0.25, 0.3) is 0 Å². The van der Waals surface area contributed by atoms with Crippen LogP contribution < -0.4 is 0 Å². The fourth-order valence-corrected chi connectivity index (χ4v) is 2.20. The summed E-state index contributed by atoms with van der Waals surface area (Å²) in [4.78, 5) is 11.8. The quantitative estimate of drug-likeness (QED) is 0.813. The summed E-state index contributed by atoms with van der Waals surface area (Å²) in [5.74, 6) is -1.13. The molecule has 0 spiro atoms. The summed E-state index contributed by atoms with van der Waals surface area (Å²) in [6.45, 7) is 1.76. The number of aromatic nitrogens is 3. The van der Waals surface area contributed by atoms with Gasteiger partial charge in [-0.2, -0.15) is 0 Å². The van der Waals surface area contributed by atoms with Crippen LogP contribution in [0.4, 0.5) is 8.78 Å². The molecule has 7 heteroatoms. The van der Waals surface area contributed by atoms with Crippen LogP contribution in [0, 0.1) is 18.6 Å². The highest BCUT2D eigenvalue weighted by atomic mass is 19.1. The average molecular weight is 293 g/mol. The van der Waals surface area contributed by atoms with Gasteiger partial charge >= 0.3 is 5.97 Å². The zero-order valence-corrected chi connectivity index (χ0v) is 11.3. The number of aryl methyl sites for hydroxylation is 1. The molecule has 0 N–H and O–H groups in total. The lowest BCUT2D eigenvalue weighted by Crippen LogP contribution is -2.10. The van der Waals surface area contributed by atoms with E-state index in [4.69, 9.17) is 4.74 Å². The van der Waals surface area contributed by atoms with Gasteiger partial charge in [0.1, 0.15) is 17.5 Å². The molecule has 1 heterocycles. The molecule has 1 aliphatic carbocycles. The lowest BCUT2D eigenvalue weighted by molar-refractivity contribution is 0.0456.